The summed E-state index contributed by atoms with van der Waals surface area (Å²) in [5.41, 5.74) is 0.587. The lowest BCUT2D eigenvalue weighted by molar-refractivity contribution is 0.0693. The molecule has 1 atom stereocenters. The number of hydrogen-bond donors (Lipinski definition) is 0. The van der Waals surface area contributed by atoms with E-state index in [1.54, 1.807) is 12.1 Å². The molecule has 0 amide bonds. The lowest BCUT2D eigenvalue weighted by Gasteiger charge is -2.23. The van der Waals surface area contributed by atoms with Gasteiger partial charge in [0, 0.05) is 17.1 Å². The topological polar surface area (TPSA) is 56.3 Å². The quantitative estimate of drug-likeness (QED) is 0.727. The zero-order valence-electron chi connectivity index (χ0n) is 12.2. The molecule has 4 heteroatoms. The molecule has 1 unspecified atom stereocenters. The van der Waals surface area contributed by atoms with Crippen LogP contribution in [0, 0.1) is 0 Å². The first-order chi connectivity index (χ1) is 11.2. The summed E-state index contributed by atoms with van der Waals surface area (Å²) < 4.78 is 5.90. The molecule has 0 N–H and O–H groups in total. The summed E-state index contributed by atoms with van der Waals surface area (Å²) in [5.74, 6) is 0.250. The van der Waals surface area contributed by atoms with Gasteiger partial charge in [0.05, 0.1) is 6.42 Å². The highest BCUT2D eigenvalue weighted by molar-refractivity contribution is 6.15. The van der Waals surface area contributed by atoms with Crippen LogP contribution in [0.1, 0.15) is 27.3 Å². The average Bonchev–Trinajstić information content (AvgIpc) is 2.60. The van der Waals surface area contributed by atoms with Crippen molar-refractivity contribution in [2.45, 2.75) is 12.5 Å². The molecule has 3 aromatic rings. The summed E-state index contributed by atoms with van der Waals surface area (Å²) in [6.45, 7) is 0. The molecule has 1 aliphatic rings. The fourth-order valence-corrected chi connectivity index (χ4v) is 2.90. The van der Waals surface area contributed by atoms with Crippen molar-refractivity contribution in [2.24, 2.45) is 0 Å². The van der Waals surface area contributed by atoms with E-state index in [9.17, 15) is 9.59 Å². The van der Waals surface area contributed by atoms with Crippen LogP contribution in [0.25, 0.3) is 10.8 Å². The summed E-state index contributed by atoms with van der Waals surface area (Å²) in [6, 6.07) is 16.7. The Morgan fingerprint density at radius 2 is 1.78 bits per heavy atom. The summed E-state index contributed by atoms with van der Waals surface area (Å²) in [6.07, 6.45) is 0.737. The molecule has 0 fully saturated rings. The molecule has 0 saturated carbocycles. The Morgan fingerprint density at radius 1 is 0.957 bits per heavy atom. The van der Waals surface area contributed by atoms with E-state index in [0.717, 1.165) is 10.8 Å². The van der Waals surface area contributed by atoms with Gasteiger partial charge in [0.1, 0.15) is 11.4 Å². The first-order valence-corrected chi connectivity index (χ1v) is 7.41. The number of ether oxygens (including phenoxy) is 1. The van der Waals surface area contributed by atoms with Crippen molar-refractivity contribution in [2.75, 3.05) is 0 Å². The van der Waals surface area contributed by atoms with Crippen molar-refractivity contribution in [1.29, 1.82) is 0 Å². The van der Waals surface area contributed by atoms with Crippen molar-refractivity contribution < 1.29 is 14.3 Å². The van der Waals surface area contributed by atoms with E-state index >= 15 is 0 Å². The van der Waals surface area contributed by atoms with Gasteiger partial charge in [-0.2, -0.15) is 0 Å². The van der Waals surface area contributed by atoms with Crippen LogP contribution in [0.2, 0.25) is 0 Å². The number of ketones is 2. The lowest BCUT2D eigenvalue weighted by atomic mass is 9.91. The minimum absolute atomic E-state index is 0.0424. The van der Waals surface area contributed by atoms with Gasteiger partial charge in [-0.05, 0) is 23.6 Å². The monoisotopic (exact) mass is 303 g/mol. The molecule has 4 rings (SSSR count). The fraction of sp³-hybridized carbons (Fsp3) is 0.105. The minimum Gasteiger partial charge on any atom is -0.481 e. The van der Waals surface area contributed by atoms with Gasteiger partial charge in [0.25, 0.3) is 0 Å². The molecule has 2 aromatic carbocycles. The van der Waals surface area contributed by atoms with Crippen molar-refractivity contribution >= 4 is 22.3 Å². The molecule has 0 spiro atoms. The van der Waals surface area contributed by atoms with Gasteiger partial charge in [-0.25, -0.2) is 0 Å². The van der Waals surface area contributed by atoms with Crippen LogP contribution < -0.4 is 4.74 Å². The minimum atomic E-state index is -0.823. The van der Waals surface area contributed by atoms with Crippen molar-refractivity contribution in [3.05, 3.63) is 72.1 Å². The third-order valence-corrected chi connectivity index (χ3v) is 4.02. The number of aromatic nitrogens is 1. The fourth-order valence-electron chi connectivity index (χ4n) is 2.90. The number of carbonyl (C=O) groups excluding carboxylic acids is 2. The molecular weight excluding hydrogens is 290 g/mol. The van der Waals surface area contributed by atoms with Gasteiger partial charge in [-0.3, -0.25) is 14.6 Å². The second-order valence-electron chi connectivity index (χ2n) is 5.47. The largest absolute Gasteiger partial charge is 0.481 e. The standard InChI is InChI=1S/C19H13NO3/c21-15-11-17(19(22)18-14(15)8-4-10-20-18)23-16-9-3-6-12-5-1-2-7-13(12)16/h1-10,17H,11H2. The molecular formula is C19H13NO3. The zero-order chi connectivity index (χ0) is 15.8. The Morgan fingerprint density at radius 3 is 2.70 bits per heavy atom. The Labute approximate surface area is 132 Å². The molecule has 0 saturated heterocycles. The SMILES string of the molecule is O=C1CC(Oc2cccc3ccccc23)C(=O)c2ncccc21. The number of nitrogens with zero attached hydrogens (tertiary/aromatic N) is 1. The number of Topliss-reactive ketones (excluding diaryl/α,β-unsaturated/α-hetero) is 2. The van der Waals surface area contributed by atoms with E-state index in [1.165, 1.54) is 6.20 Å². The summed E-state index contributed by atoms with van der Waals surface area (Å²) in [4.78, 5) is 28.8. The number of fused-ring (bicyclic) bond motifs is 2. The van der Waals surface area contributed by atoms with Crippen LogP contribution in [0.3, 0.4) is 0 Å². The third kappa shape index (κ3) is 2.28. The Bertz CT molecular complexity index is 927. The molecule has 1 aliphatic carbocycles. The van der Waals surface area contributed by atoms with Gasteiger partial charge in [-0.15, -0.1) is 0 Å². The van der Waals surface area contributed by atoms with Gasteiger partial charge >= 0.3 is 0 Å². The second kappa shape index (κ2) is 5.32. The van der Waals surface area contributed by atoms with E-state index < -0.39 is 6.10 Å². The van der Waals surface area contributed by atoms with Crippen molar-refractivity contribution in [1.82, 2.24) is 4.98 Å². The number of carbonyl (C=O) groups is 2. The Hall–Kier alpha value is -3.01. The highest BCUT2D eigenvalue weighted by atomic mass is 16.5. The molecule has 0 bridgehead atoms. The highest BCUT2D eigenvalue weighted by Gasteiger charge is 2.35. The molecule has 112 valence electrons. The number of pyridine rings is 1. The lowest BCUT2D eigenvalue weighted by Crippen LogP contribution is -2.36. The zero-order valence-corrected chi connectivity index (χ0v) is 12.2. The van der Waals surface area contributed by atoms with Gasteiger partial charge < -0.3 is 4.74 Å². The van der Waals surface area contributed by atoms with Crippen molar-refractivity contribution in [3.8, 4) is 5.75 Å². The third-order valence-electron chi connectivity index (χ3n) is 4.02. The van der Waals surface area contributed by atoms with Crippen LogP contribution in [-0.4, -0.2) is 22.7 Å². The van der Waals surface area contributed by atoms with E-state index in [-0.39, 0.29) is 23.7 Å². The van der Waals surface area contributed by atoms with E-state index in [0.29, 0.717) is 11.3 Å². The number of hydrogen-bond acceptors (Lipinski definition) is 4. The summed E-state index contributed by atoms with van der Waals surface area (Å²) in [7, 11) is 0. The molecule has 23 heavy (non-hydrogen) atoms. The van der Waals surface area contributed by atoms with E-state index in [2.05, 4.69) is 4.98 Å². The van der Waals surface area contributed by atoms with E-state index in [1.807, 2.05) is 42.5 Å². The summed E-state index contributed by atoms with van der Waals surface area (Å²) >= 11 is 0. The van der Waals surface area contributed by atoms with Crippen LogP contribution in [0.4, 0.5) is 0 Å². The smallest absolute Gasteiger partial charge is 0.222 e. The molecule has 4 nitrogen and oxygen atoms in total. The molecule has 0 radical (unpaired) electrons. The van der Waals surface area contributed by atoms with E-state index in [4.69, 9.17) is 4.74 Å². The number of rotatable bonds is 2. The molecule has 1 heterocycles. The number of benzene rings is 2. The maximum atomic E-state index is 12.6. The predicted octanol–water partition coefficient (Wildman–Crippen LogP) is 3.45. The van der Waals surface area contributed by atoms with Gasteiger partial charge in [0.15, 0.2) is 11.9 Å². The Balaban J connectivity index is 1.72. The average molecular weight is 303 g/mol. The van der Waals surface area contributed by atoms with Crippen molar-refractivity contribution in [3.63, 3.8) is 0 Å². The summed E-state index contributed by atoms with van der Waals surface area (Å²) in [5, 5.41) is 1.94. The maximum absolute atomic E-state index is 12.6. The maximum Gasteiger partial charge on any atom is 0.222 e. The second-order valence-corrected chi connectivity index (χ2v) is 5.47. The molecule has 1 aromatic heterocycles. The predicted molar refractivity (Wildman–Crippen MR) is 85.9 cm³/mol. The van der Waals surface area contributed by atoms with Crippen LogP contribution in [-0.2, 0) is 0 Å². The van der Waals surface area contributed by atoms with Gasteiger partial charge in [-0.1, -0.05) is 36.4 Å². The normalized spacial score (nSPS) is 17.1. The van der Waals surface area contributed by atoms with Crippen LogP contribution >= 0.6 is 0 Å². The first kappa shape index (κ1) is 13.6. The first-order valence-electron chi connectivity index (χ1n) is 7.41. The van der Waals surface area contributed by atoms with Gasteiger partial charge in [0.2, 0.25) is 5.78 Å². The Kier molecular flexibility index (Phi) is 3.15. The molecule has 0 aliphatic heterocycles. The van der Waals surface area contributed by atoms with Crippen LogP contribution in [0.15, 0.2) is 60.8 Å². The highest BCUT2D eigenvalue weighted by Crippen LogP contribution is 2.29. The van der Waals surface area contributed by atoms with Crippen LogP contribution in [0.5, 0.6) is 5.75 Å².